The Labute approximate surface area is 162 Å². The second-order valence-corrected chi connectivity index (χ2v) is 6.55. The van der Waals surface area contributed by atoms with Crippen LogP contribution in [0.15, 0.2) is 42.5 Å². The molecular weight excluding hydrogens is 356 g/mol. The largest absolute Gasteiger partial charge is 0.494 e. The minimum atomic E-state index is -0.400. The van der Waals surface area contributed by atoms with Gasteiger partial charge in [0, 0.05) is 23.6 Å². The fourth-order valence-electron chi connectivity index (χ4n) is 3.70. The van der Waals surface area contributed by atoms with E-state index in [9.17, 15) is 9.59 Å². The Bertz CT molecular complexity index is 1050. The highest BCUT2D eigenvalue weighted by Crippen LogP contribution is 2.38. The summed E-state index contributed by atoms with van der Waals surface area (Å²) in [7, 11) is 0. The van der Waals surface area contributed by atoms with Crippen molar-refractivity contribution in [3.05, 3.63) is 42.5 Å². The van der Waals surface area contributed by atoms with Crippen molar-refractivity contribution in [2.24, 2.45) is 0 Å². The number of hydrogen-bond acceptors (Lipinski definition) is 4. The molecule has 4 rings (SSSR count). The van der Waals surface area contributed by atoms with Crippen LogP contribution in [0.3, 0.4) is 0 Å². The molecule has 0 unspecified atom stereocenters. The lowest BCUT2D eigenvalue weighted by atomic mass is 10.1. The van der Waals surface area contributed by atoms with Gasteiger partial charge in [0.2, 0.25) is 0 Å². The highest BCUT2D eigenvalue weighted by atomic mass is 16.5. The Hall–Kier alpha value is -3.48. The molecule has 3 amide bonds. The van der Waals surface area contributed by atoms with Crippen LogP contribution in [0.4, 0.5) is 16.2 Å². The molecule has 3 N–H and O–H groups in total. The predicted octanol–water partition coefficient (Wildman–Crippen LogP) is 3.37. The second kappa shape index (κ2) is 6.92. The van der Waals surface area contributed by atoms with Gasteiger partial charge in [-0.25, -0.2) is 9.69 Å². The van der Waals surface area contributed by atoms with Crippen molar-refractivity contribution >= 4 is 34.2 Å². The third-order valence-corrected chi connectivity index (χ3v) is 4.94. The quantitative estimate of drug-likeness (QED) is 0.666. The number of hydrogen-bond donors (Lipinski definition) is 2. The molecule has 0 spiro atoms. The Kier molecular flexibility index (Phi) is 4.43. The summed E-state index contributed by atoms with van der Waals surface area (Å²) in [6.07, 6.45) is 0. The average molecular weight is 378 g/mol. The number of aryl methyl sites for hydroxylation is 1. The van der Waals surface area contributed by atoms with Crippen molar-refractivity contribution in [3.8, 4) is 17.0 Å². The molecule has 1 aromatic heterocycles. The van der Waals surface area contributed by atoms with Crippen molar-refractivity contribution in [2.75, 3.05) is 23.8 Å². The van der Waals surface area contributed by atoms with Crippen molar-refractivity contribution in [1.82, 2.24) is 9.88 Å². The molecule has 144 valence electrons. The number of nitrogens with one attached hydrogen (secondary N) is 1. The molecule has 0 atom stereocenters. The number of ether oxygens (including phenoxy) is 1. The number of nitrogen functional groups attached to an aromatic ring is 1. The normalized spacial score (nSPS) is 14.0. The summed E-state index contributed by atoms with van der Waals surface area (Å²) in [5.74, 6) is 0.547. The van der Waals surface area contributed by atoms with Gasteiger partial charge >= 0.3 is 6.03 Å². The Morgan fingerprint density at radius 3 is 2.46 bits per heavy atom. The van der Waals surface area contributed by atoms with E-state index in [0.717, 1.165) is 39.4 Å². The van der Waals surface area contributed by atoms with Crippen LogP contribution in [0.2, 0.25) is 0 Å². The van der Waals surface area contributed by atoms with E-state index in [2.05, 4.69) is 16.8 Å². The van der Waals surface area contributed by atoms with E-state index in [1.54, 1.807) is 12.1 Å². The van der Waals surface area contributed by atoms with Gasteiger partial charge in [-0.2, -0.15) is 0 Å². The van der Waals surface area contributed by atoms with Crippen molar-refractivity contribution < 1.29 is 14.3 Å². The summed E-state index contributed by atoms with van der Waals surface area (Å²) in [6, 6.07) is 12.8. The Morgan fingerprint density at radius 2 is 1.86 bits per heavy atom. The molecule has 0 saturated carbocycles. The number of benzene rings is 2. The van der Waals surface area contributed by atoms with Crippen LogP contribution < -0.4 is 20.7 Å². The summed E-state index contributed by atoms with van der Waals surface area (Å²) in [5.41, 5.74) is 10.6. The van der Waals surface area contributed by atoms with Crippen LogP contribution in [0, 0.1) is 0 Å². The van der Waals surface area contributed by atoms with Gasteiger partial charge in [0.05, 0.1) is 35.7 Å². The van der Waals surface area contributed by atoms with E-state index >= 15 is 0 Å². The van der Waals surface area contributed by atoms with E-state index in [4.69, 9.17) is 10.5 Å². The molecule has 3 aromatic rings. The fraction of sp³-hybridized carbons (Fsp3) is 0.238. The first kappa shape index (κ1) is 17.9. The molecule has 1 fully saturated rings. The molecule has 7 nitrogen and oxygen atoms in total. The molecule has 0 bridgehead atoms. The summed E-state index contributed by atoms with van der Waals surface area (Å²) in [6.45, 7) is 5.39. The molecule has 1 aliphatic rings. The summed E-state index contributed by atoms with van der Waals surface area (Å²) < 4.78 is 7.78. The van der Waals surface area contributed by atoms with Crippen molar-refractivity contribution in [2.45, 2.75) is 20.4 Å². The second-order valence-electron chi connectivity index (χ2n) is 6.55. The minimum absolute atomic E-state index is 0.0276. The lowest BCUT2D eigenvalue weighted by Gasteiger charge is -2.14. The first-order chi connectivity index (χ1) is 13.5. The predicted molar refractivity (Wildman–Crippen MR) is 110 cm³/mol. The van der Waals surface area contributed by atoms with Gasteiger partial charge in [-0.15, -0.1) is 0 Å². The SMILES string of the molecule is CCOc1ccc2c(N)c(-c3ccc(N4C(=O)CNC4=O)cc3)n(CC)c2c1. The highest BCUT2D eigenvalue weighted by Gasteiger charge is 2.30. The average Bonchev–Trinajstić information content (AvgIpc) is 3.18. The maximum Gasteiger partial charge on any atom is 0.329 e. The summed E-state index contributed by atoms with van der Waals surface area (Å²) in [4.78, 5) is 24.9. The Morgan fingerprint density at radius 1 is 1.11 bits per heavy atom. The molecule has 1 saturated heterocycles. The van der Waals surface area contributed by atoms with Gasteiger partial charge in [0.25, 0.3) is 5.91 Å². The van der Waals surface area contributed by atoms with Gasteiger partial charge in [-0.1, -0.05) is 12.1 Å². The molecule has 7 heteroatoms. The number of aromatic nitrogens is 1. The van der Waals surface area contributed by atoms with E-state index in [0.29, 0.717) is 18.0 Å². The molecule has 0 radical (unpaired) electrons. The summed E-state index contributed by atoms with van der Waals surface area (Å²) >= 11 is 0. The number of urea groups is 1. The zero-order valence-corrected chi connectivity index (χ0v) is 15.9. The third-order valence-electron chi connectivity index (χ3n) is 4.94. The van der Waals surface area contributed by atoms with Crippen molar-refractivity contribution in [1.29, 1.82) is 0 Å². The van der Waals surface area contributed by atoms with E-state index in [-0.39, 0.29) is 12.5 Å². The molecule has 1 aliphatic heterocycles. The Balaban J connectivity index is 1.79. The number of carbonyl (C=O) groups excluding carboxylic acids is 2. The monoisotopic (exact) mass is 378 g/mol. The topological polar surface area (TPSA) is 89.6 Å². The first-order valence-corrected chi connectivity index (χ1v) is 9.30. The third kappa shape index (κ3) is 2.76. The molecule has 0 aliphatic carbocycles. The zero-order chi connectivity index (χ0) is 19.8. The standard InChI is InChI=1S/C21H22N4O3/c1-3-24-17-11-15(28-4-2)9-10-16(17)19(22)20(24)13-5-7-14(8-6-13)25-18(26)12-23-21(25)27/h5-11H,3-4,12,22H2,1-2H3,(H,23,27). The van der Waals surface area contributed by atoms with Gasteiger partial charge in [0.15, 0.2) is 0 Å². The van der Waals surface area contributed by atoms with Crippen LogP contribution in [0.5, 0.6) is 5.75 Å². The lowest BCUT2D eigenvalue weighted by Crippen LogP contribution is -2.30. The van der Waals surface area contributed by atoms with Gasteiger partial charge < -0.3 is 20.4 Å². The fourth-order valence-corrected chi connectivity index (χ4v) is 3.70. The van der Waals surface area contributed by atoms with Gasteiger partial charge in [0.1, 0.15) is 5.75 Å². The van der Waals surface area contributed by atoms with Gasteiger partial charge in [-0.3, -0.25) is 4.79 Å². The first-order valence-electron chi connectivity index (χ1n) is 9.30. The summed E-state index contributed by atoms with van der Waals surface area (Å²) in [5, 5.41) is 3.50. The molecule has 2 aromatic carbocycles. The number of rotatable bonds is 5. The van der Waals surface area contributed by atoms with E-state index < -0.39 is 6.03 Å². The smallest absolute Gasteiger partial charge is 0.329 e. The van der Waals surface area contributed by atoms with Crippen LogP contribution in [0.1, 0.15) is 13.8 Å². The minimum Gasteiger partial charge on any atom is -0.494 e. The van der Waals surface area contributed by atoms with E-state index in [1.165, 1.54) is 0 Å². The number of nitrogens with zero attached hydrogens (tertiary/aromatic N) is 2. The van der Waals surface area contributed by atoms with Gasteiger partial charge in [-0.05, 0) is 38.1 Å². The number of fused-ring (bicyclic) bond motifs is 1. The maximum absolute atomic E-state index is 11.9. The number of nitrogens with two attached hydrogens (primary N) is 1. The number of amides is 3. The molecule has 2 heterocycles. The van der Waals surface area contributed by atoms with E-state index in [1.807, 2.05) is 37.3 Å². The lowest BCUT2D eigenvalue weighted by molar-refractivity contribution is -0.115. The van der Waals surface area contributed by atoms with Crippen LogP contribution in [-0.4, -0.2) is 29.7 Å². The van der Waals surface area contributed by atoms with Crippen LogP contribution >= 0.6 is 0 Å². The zero-order valence-electron chi connectivity index (χ0n) is 15.9. The maximum atomic E-state index is 11.9. The number of imide groups is 1. The molecule has 28 heavy (non-hydrogen) atoms. The molecular formula is C21H22N4O3. The van der Waals surface area contributed by atoms with Crippen LogP contribution in [-0.2, 0) is 11.3 Å². The number of anilines is 2. The number of carbonyl (C=O) groups is 2. The van der Waals surface area contributed by atoms with Crippen LogP contribution in [0.25, 0.3) is 22.2 Å². The highest BCUT2D eigenvalue weighted by molar-refractivity contribution is 6.19. The van der Waals surface area contributed by atoms with Crippen molar-refractivity contribution in [3.63, 3.8) is 0 Å².